The van der Waals surface area contributed by atoms with Crippen molar-refractivity contribution >= 4 is 11.8 Å². The van der Waals surface area contributed by atoms with E-state index in [9.17, 15) is 9.59 Å². The average Bonchev–Trinajstić information content (AvgIpc) is 3.02. The van der Waals surface area contributed by atoms with Gasteiger partial charge in [-0.05, 0) is 80.6 Å². The van der Waals surface area contributed by atoms with Gasteiger partial charge in [-0.25, -0.2) is 0 Å². The number of rotatable bonds is 6. The molecule has 3 saturated carbocycles. The van der Waals surface area contributed by atoms with Crippen LogP contribution in [0.2, 0.25) is 0 Å². The lowest BCUT2D eigenvalue weighted by Gasteiger charge is -2.57. The van der Waals surface area contributed by atoms with Crippen LogP contribution < -0.4 is 0 Å². The maximum Gasteiger partial charge on any atom is 0.306 e. The van der Waals surface area contributed by atoms with Crippen LogP contribution in [0.25, 0.3) is 0 Å². The Bertz CT molecular complexity index is 679. The van der Waals surface area contributed by atoms with E-state index in [-0.39, 0.29) is 22.9 Å². The fraction of sp³-hybridized carbons (Fsp3) is 0.846. The second kappa shape index (κ2) is 8.19. The van der Waals surface area contributed by atoms with Gasteiger partial charge in [0.2, 0.25) is 0 Å². The Morgan fingerprint density at radius 3 is 2.66 bits per heavy atom. The van der Waals surface area contributed by atoms with Crippen molar-refractivity contribution in [3.63, 3.8) is 0 Å². The molecule has 29 heavy (non-hydrogen) atoms. The van der Waals surface area contributed by atoms with Crippen LogP contribution >= 0.6 is 0 Å². The molecule has 0 aliphatic heterocycles. The fourth-order valence-electron chi connectivity index (χ4n) is 7.62. The molecule has 0 amide bonds. The summed E-state index contributed by atoms with van der Waals surface area (Å²) in [7, 11) is 0. The van der Waals surface area contributed by atoms with E-state index >= 15 is 0 Å². The quantitative estimate of drug-likeness (QED) is 0.383. The van der Waals surface area contributed by atoms with E-state index < -0.39 is 0 Å². The molecule has 0 aromatic heterocycles. The topological polar surface area (TPSA) is 43.4 Å². The number of carbonyl (C=O) groups excluding carboxylic acids is 2. The summed E-state index contributed by atoms with van der Waals surface area (Å²) in [6.07, 6.45) is 15.9. The van der Waals surface area contributed by atoms with E-state index in [0.717, 1.165) is 44.4 Å². The molecule has 4 rings (SSSR count). The van der Waals surface area contributed by atoms with Crippen molar-refractivity contribution in [3.8, 4) is 0 Å². The summed E-state index contributed by atoms with van der Waals surface area (Å²) in [5, 5.41) is 0. The number of hydrogen-bond donors (Lipinski definition) is 0. The van der Waals surface area contributed by atoms with Gasteiger partial charge in [-0.3, -0.25) is 9.59 Å². The molecule has 162 valence electrons. The van der Waals surface area contributed by atoms with Crippen LogP contribution in [0.3, 0.4) is 0 Å². The first-order valence-corrected chi connectivity index (χ1v) is 12.3. The molecule has 0 aromatic rings. The second-order valence-corrected chi connectivity index (χ2v) is 10.9. The standard InChI is InChI=1S/C26H40O3/c1-4-5-6-7-8-24(28)29-23-12-11-21-20-10-9-18-17-19(27)13-15-25(18,2)22(20)14-16-26(21,23)3/h17,20-23H,4-16H2,1-3H3/t20?,21?,22?,23-,25-,26-/m0/s1. The summed E-state index contributed by atoms with van der Waals surface area (Å²) in [5.74, 6) is 2.48. The molecule has 0 spiro atoms. The van der Waals surface area contributed by atoms with Crippen LogP contribution in [0.5, 0.6) is 0 Å². The number of carbonyl (C=O) groups is 2. The molecule has 0 N–H and O–H groups in total. The highest BCUT2D eigenvalue weighted by Gasteiger charge is 2.59. The molecule has 3 fully saturated rings. The zero-order chi connectivity index (χ0) is 20.6. The van der Waals surface area contributed by atoms with Crippen LogP contribution in [-0.2, 0) is 14.3 Å². The normalized spacial score (nSPS) is 41.2. The number of unbranched alkanes of at least 4 members (excludes halogenated alkanes) is 3. The highest BCUT2D eigenvalue weighted by Crippen LogP contribution is 2.65. The number of ether oxygens (including phenoxy) is 1. The highest BCUT2D eigenvalue weighted by molar-refractivity contribution is 5.91. The third kappa shape index (κ3) is 3.72. The van der Waals surface area contributed by atoms with Crippen molar-refractivity contribution in [2.75, 3.05) is 0 Å². The van der Waals surface area contributed by atoms with Crippen molar-refractivity contribution in [2.24, 2.45) is 28.6 Å². The van der Waals surface area contributed by atoms with E-state index in [2.05, 4.69) is 20.8 Å². The van der Waals surface area contributed by atoms with Gasteiger partial charge < -0.3 is 4.74 Å². The molecule has 0 bridgehead atoms. The predicted molar refractivity (Wildman–Crippen MR) is 115 cm³/mol. The van der Waals surface area contributed by atoms with E-state index in [1.54, 1.807) is 0 Å². The van der Waals surface area contributed by atoms with Gasteiger partial charge in [0, 0.05) is 18.3 Å². The Hall–Kier alpha value is -1.12. The number of hydrogen-bond acceptors (Lipinski definition) is 3. The smallest absolute Gasteiger partial charge is 0.306 e. The van der Waals surface area contributed by atoms with Crippen molar-refractivity contribution in [2.45, 2.75) is 110 Å². The Labute approximate surface area is 177 Å². The third-order valence-corrected chi connectivity index (χ3v) is 9.38. The number of ketones is 1. The molecular weight excluding hydrogens is 360 g/mol. The minimum Gasteiger partial charge on any atom is -0.462 e. The van der Waals surface area contributed by atoms with Crippen LogP contribution in [-0.4, -0.2) is 17.9 Å². The van der Waals surface area contributed by atoms with Crippen molar-refractivity contribution in [1.29, 1.82) is 0 Å². The number of fused-ring (bicyclic) bond motifs is 5. The molecule has 6 atom stereocenters. The number of allylic oxidation sites excluding steroid dienone is 1. The van der Waals surface area contributed by atoms with Gasteiger partial charge in [-0.1, -0.05) is 45.6 Å². The van der Waals surface area contributed by atoms with E-state index in [1.165, 1.54) is 44.1 Å². The molecule has 0 radical (unpaired) electrons. The van der Waals surface area contributed by atoms with Crippen LogP contribution in [0.15, 0.2) is 11.6 Å². The van der Waals surface area contributed by atoms with Gasteiger partial charge in [0.05, 0.1) is 0 Å². The summed E-state index contributed by atoms with van der Waals surface area (Å²) < 4.78 is 6.09. The zero-order valence-electron chi connectivity index (χ0n) is 18.8. The van der Waals surface area contributed by atoms with E-state index in [0.29, 0.717) is 24.0 Å². The third-order valence-electron chi connectivity index (χ3n) is 9.38. The summed E-state index contributed by atoms with van der Waals surface area (Å²) in [5.41, 5.74) is 1.82. The predicted octanol–water partition coefficient (Wildman–Crippen LogP) is 6.40. The maximum absolute atomic E-state index is 12.5. The van der Waals surface area contributed by atoms with Gasteiger partial charge in [0.25, 0.3) is 0 Å². The molecule has 4 aliphatic rings. The van der Waals surface area contributed by atoms with Crippen molar-refractivity contribution in [3.05, 3.63) is 11.6 Å². The van der Waals surface area contributed by atoms with Crippen LogP contribution in [0.4, 0.5) is 0 Å². The van der Waals surface area contributed by atoms with Gasteiger partial charge in [0.15, 0.2) is 5.78 Å². The Morgan fingerprint density at radius 1 is 1.03 bits per heavy atom. The summed E-state index contributed by atoms with van der Waals surface area (Å²) >= 11 is 0. The van der Waals surface area contributed by atoms with Crippen LogP contribution in [0.1, 0.15) is 104 Å². The number of esters is 1. The first-order chi connectivity index (χ1) is 13.9. The summed E-state index contributed by atoms with van der Waals surface area (Å²) in [4.78, 5) is 24.5. The molecule has 3 nitrogen and oxygen atoms in total. The van der Waals surface area contributed by atoms with E-state index in [1.807, 2.05) is 6.08 Å². The molecule has 4 aliphatic carbocycles. The van der Waals surface area contributed by atoms with Gasteiger partial charge in [-0.15, -0.1) is 0 Å². The first-order valence-electron chi connectivity index (χ1n) is 12.3. The fourth-order valence-corrected chi connectivity index (χ4v) is 7.62. The second-order valence-electron chi connectivity index (χ2n) is 10.9. The van der Waals surface area contributed by atoms with Gasteiger partial charge in [0.1, 0.15) is 6.10 Å². The first kappa shape index (κ1) is 21.1. The molecule has 0 saturated heterocycles. The molecule has 3 unspecified atom stereocenters. The van der Waals surface area contributed by atoms with Gasteiger partial charge >= 0.3 is 5.97 Å². The minimum absolute atomic E-state index is 0.0294. The highest BCUT2D eigenvalue weighted by atomic mass is 16.5. The molecule has 3 heteroatoms. The lowest BCUT2D eigenvalue weighted by atomic mass is 9.47. The molecular formula is C26H40O3. The Balaban J connectivity index is 1.43. The van der Waals surface area contributed by atoms with Crippen molar-refractivity contribution < 1.29 is 14.3 Å². The van der Waals surface area contributed by atoms with Crippen molar-refractivity contribution in [1.82, 2.24) is 0 Å². The lowest BCUT2D eigenvalue weighted by Crippen LogP contribution is -2.51. The maximum atomic E-state index is 12.5. The summed E-state index contributed by atoms with van der Waals surface area (Å²) in [6.45, 7) is 7.05. The molecule has 0 heterocycles. The van der Waals surface area contributed by atoms with Gasteiger partial charge in [-0.2, -0.15) is 0 Å². The van der Waals surface area contributed by atoms with Crippen LogP contribution in [0, 0.1) is 28.6 Å². The summed E-state index contributed by atoms with van der Waals surface area (Å²) in [6, 6.07) is 0. The molecule has 0 aromatic carbocycles. The minimum atomic E-state index is 0.0294. The monoisotopic (exact) mass is 400 g/mol. The Morgan fingerprint density at radius 2 is 1.86 bits per heavy atom. The SMILES string of the molecule is CCCCCCC(=O)O[C@H]1CCC2C3CCC4=CC(=O)CC[C@]4(C)C3CC[C@@]21C. The van der Waals surface area contributed by atoms with E-state index in [4.69, 9.17) is 4.74 Å². The largest absolute Gasteiger partial charge is 0.462 e. The zero-order valence-corrected chi connectivity index (χ0v) is 18.8. The Kier molecular flexibility index (Phi) is 5.97. The lowest BCUT2D eigenvalue weighted by molar-refractivity contribution is -0.160. The average molecular weight is 401 g/mol.